The van der Waals surface area contributed by atoms with Gasteiger partial charge >= 0.3 is 0 Å². The average Bonchev–Trinajstić information content (AvgIpc) is 2.86. The molecule has 4 nitrogen and oxygen atoms in total. The number of carbonyl (C=O) groups excluding carboxylic acids is 1. The van der Waals surface area contributed by atoms with Gasteiger partial charge in [-0.15, -0.1) is 0 Å². The van der Waals surface area contributed by atoms with E-state index in [-0.39, 0.29) is 11.7 Å². The Hall–Kier alpha value is -1.23. The Morgan fingerprint density at radius 2 is 2.39 bits per heavy atom. The lowest BCUT2D eigenvalue weighted by Crippen LogP contribution is -2.28. The highest BCUT2D eigenvalue weighted by Crippen LogP contribution is 2.28. The first-order valence-electron chi connectivity index (χ1n) is 5.88. The Morgan fingerprint density at radius 3 is 2.94 bits per heavy atom. The molecule has 1 aromatic carbocycles. The molecule has 5 heteroatoms. The van der Waals surface area contributed by atoms with Gasteiger partial charge < -0.3 is 14.7 Å². The van der Waals surface area contributed by atoms with E-state index >= 15 is 0 Å². The highest BCUT2D eigenvalue weighted by molar-refractivity contribution is 9.09. The first kappa shape index (κ1) is 13.2. The molecule has 2 rings (SSSR count). The molecule has 98 valence electrons. The second kappa shape index (κ2) is 5.61. The number of methoxy groups -OCH3 is 1. The molecule has 0 bridgehead atoms. The van der Waals surface area contributed by atoms with Crippen molar-refractivity contribution >= 4 is 21.8 Å². The number of nitrogens with zero attached hydrogens (tertiary/aromatic N) is 1. The van der Waals surface area contributed by atoms with Crippen LogP contribution in [0.25, 0.3) is 0 Å². The molecule has 1 saturated heterocycles. The first-order chi connectivity index (χ1) is 8.65. The van der Waals surface area contributed by atoms with Crippen LogP contribution >= 0.6 is 15.9 Å². The van der Waals surface area contributed by atoms with E-state index in [2.05, 4.69) is 15.9 Å². The van der Waals surface area contributed by atoms with Crippen molar-refractivity contribution in [3.05, 3.63) is 23.8 Å². The van der Waals surface area contributed by atoms with Crippen molar-refractivity contribution in [1.82, 2.24) is 4.90 Å². The minimum atomic E-state index is -0.0311. The van der Waals surface area contributed by atoms with Gasteiger partial charge in [0.15, 0.2) is 11.5 Å². The van der Waals surface area contributed by atoms with Crippen molar-refractivity contribution in [2.45, 2.75) is 6.42 Å². The maximum atomic E-state index is 12.2. The zero-order valence-corrected chi connectivity index (χ0v) is 11.8. The van der Waals surface area contributed by atoms with Gasteiger partial charge in [-0.2, -0.15) is 0 Å². The van der Waals surface area contributed by atoms with Crippen LogP contribution in [0.5, 0.6) is 11.5 Å². The van der Waals surface area contributed by atoms with E-state index in [1.54, 1.807) is 12.1 Å². The van der Waals surface area contributed by atoms with E-state index in [1.165, 1.54) is 13.2 Å². The third-order valence-electron chi connectivity index (χ3n) is 3.22. The van der Waals surface area contributed by atoms with Crippen LogP contribution in [0.2, 0.25) is 0 Å². The summed E-state index contributed by atoms with van der Waals surface area (Å²) in [4.78, 5) is 14.0. The number of phenolic OH excluding ortho intramolecular Hbond substituents is 1. The Bertz CT molecular complexity index is 450. The fourth-order valence-corrected chi connectivity index (χ4v) is 2.68. The maximum Gasteiger partial charge on any atom is 0.254 e. The van der Waals surface area contributed by atoms with Gasteiger partial charge in [-0.1, -0.05) is 15.9 Å². The number of alkyl halides is 1. The third kappa shape index (κ3) is 2.61. The number of halogens is 1. The van der Waals surface area contributed by atoms with E-state index < -0.39 is 0 Å². The second-order valence-electron chi connectivity index (χ2n) is 4.45. The van der Waals surface area contributed by atoms with E-state index in [1.807, 2.05) is 4.90 Å². The van der Waals surface area contributed by atoms with Gasteiger partial charge in [0.1, 0.15) is 0 Å². The molecular formula is C13H16BrNO3. The van der Waals surface area contributed by atoms with Crippen LogP contribution < -0.4 is 4.74 Å². The minimum absolute atomic E-state index is 0.000381. The number of amides is 1. The summed E-state index contributed by atoms with van der Waals surface area (Å²) in [6.45, 7) is 1.55. The summed E-state index contributed by atoms with van der Waals surface area (Å²) in [6.07, 6.45) is 1.03. The van der Waals surface area contributed by atoms with Crippen molar-refractivity contribution in [2.24, 2.45) is 5.92 Å². The summed E-state index contributed by atoms with van der Waals surface area (Å²) >= 11 is 3.45. The van der Waals surface area contributed by atoms with Gasteiger partial charge in [-0.05, 0) is 30.5 Å². The summed E-state index contributed by atoms with van der Waals surface area (Å²) in [7, 11) is 1.48. The van der Waals surface area contributed by atoms with Crippen LogP contribution in [0.1, 0.15) is 16.8 Å². The maximum absolute atomic E-state index is 12.2. The summed E-state index contributed by atoms with van der Waals surface area (Å²) < 4.78 is 4.96. The second-order valence-corrected chi connectivity index (χ2v) is 5.09. The molecule has 0 saturated carbocycles. The molecule has 1 amide bonds. The van der Waals surface area contributed by atoms with Crippen LogP contribution in [-0.4, -0.2) is 41.4 Å². The number of ether oxygens (including phenoxy) is 1. The number of phenols is 1. The lowest BCUT2D eigenvalue weighted by atomic mass is 10.1. The van der Waals surface area contributed by atoms with Crippen LogP contribution in [0, 0.1) is 5.92 Å². The third-order valence-corrected chi connectivity index (χ3v) is 4.13. The fraction of sp³-hybridized carbons (Fsp3) is 0.462. The first-order valence-corrected chi connectivity index (χ1v) is 7.00. The number of aromatic hydroxyl groups is 1. The molecule has 0 spiro atoms. The molecule has 1 aliphatic heterocycles. The van der Waals surface area contributed by atoms with Crippen molar-refractivity contribution in [2.75, 3.05) is 25.5 Å². The largest absolute Gasteiger partial charge is 0.504 e. The Kier molecular flexibility index (Phi) is 4.11. The van der Waals surface area contributed by atoms with Gasteiger partial charge in [0, 0.05) is 24.0 Å². The van der Waals surface area contributed by atoms with Gasteiger partial charge in [0.25, 0.3) is 5.91 Å². The molecule has 0 aromatic heterocycles. The van der Waals surface area contributed by atoms with Gasteiger partial charge in [-0.3, -0.25) is 4.79 Å². The lowest BCUT2D eigenvalue weighted by molar-refractivity contribution is 0.0788. The zero-order valence-electron chi connectivity index (χ0n) is 10.2. The van der Waals surface area contributed by atoms with Crippen molar-refractivity contribution in [1.29, 1.82) is 0 Å². The highest BCUT2D eigenvalue weighted by Gasteiger charge is 2.26. The van der Waals surface area contributed by atoms with E-state index in [0.29, 0.717) is 17.2 Å². The van der Waals surface area contributed by atoms with E-state index in [9.17, 15) is 9.90 Å². The molecule has 0 radical (unpaired) electrons. The van der Waals surface area contributed by atoms with E-state index in [0.717, 1.165) is 24.8 Å². The Morgan fingerprint density at radius 1 is 1.61 bits per heavy atom. The molecule has 1 atom stereocenters. The zero-order chi connectivity index (χ0) is 13.1. The number of benzene rings is 1. The number of rotatable bonds is 3. The van der Waals surface area contributed by atoms with Gasteiger partial charge in [-0.25, -0.2) is 0 Å². The van der Waals surface area contributed by atoms with Crippen molar-refractivity contribution in [3.8, 4) is 11.5 Å². The van der Waals surface area contributed by atoms with E-state index in [4.69, 9.17) is 4.74 Å². The van der Waals surface area contributed by atoms with Crippen LogP contribution in [-0.2, 0) is 0 Å². The normalized spacial score (nSPS) is 19.0. The predicted molar refractivity (Wildman–Crippen MR) is 72.5 cm³/mol. The highest BCUT2D eigenvalue weighted by atomic mass is 79.9. The van der Waals surface area contributed by atoms with Gasteiger partial charge in [0.2, 0.25) is 0 Å². The molecule has 1 heterocycles. The van der Waals surface area contributed by atoms with Gasteiger partial charge in [0.05, 0.1) is 7.11 Å². The van der Waals surface area contributed by atoms with Crippen LogP contribution in [0.4, 0.5) is 0 Å². The topological polar surface area (TPSA) is 49.8 Å². The predicted octanol–water partition coefficient (Wildman–Crippen LogP) is 2.26. The molecule has 0 aliphatic carbocycles. The molecule has 18 heavy (non-hydrogen) atoms. The summed E-state index contributed by atoms with van der Waals surface area (Å²) in [5, 5.41) is 10.6. The van der Waals surface area contributed by atoms with Crippen LogP contribution in [0.3, 0.4) is 0 Å². The quantitative estimate of drug-likeness (QED) is 0.871. The monoisotopic (exact) mass is 313 g/mol. The summed E-state index contributed by atoms with van der Waals surface area (Å²) in [5.41, 5.74) is 0.503. The fourth-order valence-electron chi connectivity index (χ4n) is 2.15. The number of carbonyl (C=O) groups is 1. The number of likely N-dealkylation sites (tertiary alicyclic amines) is 1. The standard InChI is InChI=1S/C13H16BrNO3/c1-18-12-3-2-10(6-11(12)16)13(17)15-5-4-9(7-14)8-15/h2-3,6,9,16H,4-5,7-8H2,1H3. The Labute approximate surface area is 115 Å². The minimum Gasteiger partial charge on any atom is -0.504 e. The SMILES string of the molecule is COc1ccc(C(=O)N2CCC(CBr)C2)cc1O. The molecule has 1 unspecified atom stereocenters. The number of hydrogen-bond acceptors (Lipinski definition) is 3. The summed E-state index contributed by atoms with van der Waals surface area (Å²) in [6, 6.07) is 4.76. The van der Waals surface area contributed by atoms with Crippen LogP contribution in [0.15, 0.2) is 18.2 Å². The summed E-state index contributed by atoms with van der Waals surface area (Å²) in [5.74, 6) is 0.878. The molecule has 1 aliphatic rings. The molecule has 1 aromatic rings. The lowest BCUT2D eigenvalue weighted by Gasteiger charge is -2.16. The number of hydrogen-bond donors (Lipinski definition) is 1. The Balaban J connectivity index is 2.12. The smallest absolute Gasteiger partial charge is 0.254 e. The molecular weight excluding hydrogens is 298 g/mol. The molecule has 1 N–H and O–H groups in total. The average molecular weight is 314 g/mol. The van der Waals surface area contributed by atoms with Crippen molar-refractivity contribution < 1.29 is 14.6 Å². The van der Waals surface area contributed by atoms with Crippen molar-refractivity contribution in [3.63, 3.8) is 0 Å². The molecule has 1 fully saturated rings.